The van der Waals surface area contributed by atoms with E-state index in [9.17, 15) is 9.90 Å². The van der Waals surface area contributed by atoms with Crippen molar-refractivity contribution in [1.29, 1.82) is 0 Å². The molecule has 6 heteroatoms. The normalized spacial score (nSPS) is 17.6. The first-order valence-corrected chi connectivity index (χ1v) is 8.48. The smallest absolute Gasteiger partial charge is 0.315 e. The minimum Gasteiger partial charge on any atom is -0.391 e. The van der Waals surface area contributed by atoms with Gasteiger partial charge in [0.2, 0.25) is 0 Å². The Morgan fingerprint density at radius 1 is 1.52 bits per heavy atom. The van der Waals surface area contributed by atoms with Crippen LogP contribution in [-0.2, 0) is 0 Å². The Morgan fingerprint density at radius 3 is 2.76 bits per heavy atom. The van der Waals surface area contributed by atoms with Gasteiger partial charge in [0.25, 0.3) is 0 Å². The number of hydrogen-bond donors (Lipinski definition) is 3. The zero-order valence-electron chi connectivity index (χ0n) is 12.9. The standard InChI is InChI=1S/C15H25N3O2S/c1-9(2)6-12(19)7-16-15(20)18-13(11-4-5-11)14-17-10(3)8-21-14/h8-9,11-13,19H,4-7H2,1-3H3,(H2,16,18,20). The number of nitrogens with one attached hydrogen (secondary N) is 2. The molecule has 1 fully saturated rings. The van der Waals surface area contributed by atoms with Crippen LogP contribution in [0.2, 0.25) is 0 Å². The molecule has 0 aromatic carbocycles. The molecule has 2 rings (SSSR count). The number of aliphatic hydroxyl groups is 1. The first-order chi connectivity index (χ1) is 9.95. The lowest BCUT2D eigenvalue weighted by molar-refractivity contribution is 0.146. The Bertz CT molecular complexity index is 471. The number of nitrogens with zero attached hydrogens (tertiary/aromatic N) is 1. The minimum absolute atomic E-state index is 0.00550. The van der Waals surface area contributed by atoms with Crippen LogP contribution in [0.25, 0.3) is 0 Å². The number of hydrogen-bond acceptors (Lipinski definition) is 4. The molecule has 2 amide bonds. The second-order valence-corrected chi connectivity index (χ2v) is 7.17. The molecular formula is C15H25N3O2S. The summed E-state index contributed by atoms with van der Waals surface area (Å²) < 4.78 is 0. The largest absolute Gasteiger partial charge is 0.391 e. The highest BCUT2D eigenvalue weighted by atomic mass is 32.1. The van der Waals surface area contributed by atoms with E-state index in [2.05, 4.69) is 29.5 Å². The van der Waals surface area contributed by atoms with Gasteiger partial charge < -0.3 is 15.7 Å². The van der Waals surface area contributed by atoms with E-state index >= 15 is 0 Å². The second kappa shape index (κ2) is 7.22. The zero-order chi connectivity index (χ0) is 15.4. The van der Waals surface area contributed by atoms with Gasteiger partial charge in [-0.1, -0.05) is 13.8 Å². The van der Waals surface area contributed by atoms with Gasteiger partial charge in [0.05, 0.1) is 12.1 Å². The zero-order valence-corrected chi connectivity index (χ0v) is 13.7. The van der Waals surface area contributed by atoms with Gasteiger partial charge in [-0.05, 0) is 38.0 Å². The fourth-order valence-corrected chi connectivity index (χ4v) is 3.29. The van der Waals surface area contributed by atoms with Crippen molar-refractivity contribution in [2.45, 2.75) is 52.2 Å². The Balaban J connectivity index is 1.82. The fourth-order valence-electron chi connectivity index (χ4n) is 2.36. The minimum atomic E-state index is -0.489. The monoisotopic (exact) mass is 311 g/mol. The quantitative estimate of drug-likeness (QED) is 0.724. The molecule has 0 aliphatic heterocycles. The summed E-state index contributed by atoms with van der Waals surface area (Å²) in [4.78, 5) is 16.5. The predicted molar refractivity (Wildman–Crippen MR) is 84.3 cm³/mol. The first kappa shape index (κ1) is 16.2. The van der Waals surface area contributed by atoms with Crippen LogP contribution in [0.4, 0.5) is 4.79 Å². The molecule has 0 bridgehead atoms. The van der Waals surface area contributed by atoms with Crippen LogP contribution in [0.3, 0.4) is 0 Å². The van der Waals surface area contributed by atoms with E-state index in [-0.39, 0.29) is 18.6 Å². The van der Waals surface area contributed by atoms with Crippen LogP contribution in [0.1, 0.15) is 49.9 Å². The highest BCUT2D eigenvalue weighted by Gasteiger charge is 2.35. The molecule has 1 aliphatic rings. The second-order valence-electron chi connectivity index (χ2n) is 6.28. The third kappa shape index (κ3) is 5.28. The molecule has 1 saturated carbocycles. The molecule has 0 saturated heterocycles. The molecule has 1 aromatic heterocycles. The molecule has 3 N–H and O–H groups in total. The molecule has 1 aromatic rings. The average molecular weight is 311 g/mol. The summed E-state index contributed by atoms with van der Waals surface area (Å²) in [6, 6.07) is -0.214. The molecule has 0 radical (unpaired) electrons. The molecule has 21 heavy (non-hydrogen) atoms. The van der Waals surface area contributed by atoms with E-state index in [4.69, 9.17) is 0 Å². The topological polar surface area (TPSA) is 74.2 Å². The maximum absolute atomic E-state index is 12.0. The number of aliphatic hydroxyl groups excluding tert-OH is 1. The van der Waals surface area contributed by atoms with Crippen LogP contribution < -0.4 is 10.6 Å². The SMILES string of the molecule is Cc1csc(C(NC(=O)NCC(O)CC(C)C)C2CC2)n1. The van der Waals surface area contributed by atoms with Crippen molar-refractivity contribution in [3.8, 4) is 0 Å². The summed E-state index contributed by atoms with van der Waals surface area (Å²) in [6.07, 6.45) is 2.48. The summed E-state index contributed by atoms with van der Waals surface area (Å²) in [7, 11) is 0. The number of thiazole rings is 1. The number of carbonyl (C=O) groups excluding carboxylic acids is 1. The van der Waals surface area contributed by atoms with Gasteiger partial charge in [0.15, 0.2) is 0 Å². The van der Waals surface area contributed by atoms with Crippen molar-refractivity contribution in [2.24, 2.45) is 11.8 Å². The summed E-state index contributed by atoms with van der Waals surface area (Å²) in [5, 5.41) is 18.5. The molecule has 2 unspecified atom stereocenters. The number of urea groups is 1. The summed E-state index contributed by atoms with van der Waals surface area (Å²) in [5.74, 6) is 0.921. The third-order valence-electron chi connectivity index (χ3n) is 3.52. The molecule has 1 heterocycles. The number of aromatic nitrogens is 1. The average Bonchev–Trinajstić information content (AvgIpc) is 3.15. The Kier molecular flexibility index (Phi) is 5.58. The van der Waals surface area contributed by atoms with Gasteiger partial charge >= 0.3 is 6.03 Å². The van der Waals surface area contributed by atoms with E-state index in [0.717, 1.165) is 23.5 Å². The van der Waals surface area contributed by atoms with E-state index in [1.54, 1.807) is 11.3 Å². The molecular weight excluding hydrogens is 286 g/mol. The number of aryl methyl sites for hydroxylation is 1. The maximum atomic E-state index is 12.0. The van der Waals surface area contributed by atoms with Gasteiger partial charge in [0, 0.05) is 17.6 Å². The van der Waals surface area contributed by atoms with Gasteiger partial charge in [-0.25, -0.2) is 9.78 Å². The van der Waals surface area contributed by atoms with E-state index in [1.165, 1.54) is 0 Å². The first-order valence-electron chi connectivity index (χ1n) is 7.60. The van der Waals surface area contributed by atoms with Crippen LogP contribution in [-0.4, -0.2) is 28.8 Å². The van der Waals surface area contributed by atoms with Gasteiger partial charge in [-0.15, -0.1) is 11.3 Å². The van der Waals surface area contributed by atoms with Gasteiger partial charge in [-0.3, -0.25) is 0 Å². The van der Waals surface area contributed by atoms with E-state index in [1.807, 2.05) is 12.3 Å². The molecule has 5 nitrogen and oxygen atoms in total. The van der Waals surface area contributed by atoms with Crippen LogP contribution in [0.15, 0.2) is 5.38 Å². The number of rotatable bonds is 7. The Morgan fingerprint density at radius 2 is 2.24 bits per heavy atom. The van der Waals surface area contributed by atoms with Crippen LogP contribution in [0.5, 0.6) is 0 Å². The van der Waals surface area contributed by atoms with Crippen molar-refractivity contribution in [3.05, 3.63) is 16.1 Å². The number of amides is 2. The highest BCUT2D eigenvalue weighted by molar-refractivity contribution is 7.09. The third-order valence-corrected chi connectivity index (χ3v) is 4.57. The van der Waals surface area contributed by atoms with Crippen molar-refractivity contribution in [3.63, 3.8) is 0 Å². The van der Waals surface area contributed by atoms with Crippen LogP contribution in [0, 0.1) is 18.8 Å². The Labute approximate surface area is 130 Å². The van der Waals surface area contributed by atoms with Gasteiger partial charge in [0.1, 0.15) is 5.01 Å². The predicted octanol–water partition coefficient (Wildman–Crippen LogP) is 2.61. The maximum Gasteiger partial charge on any atom is 0.315 e. The fraction of sp³-hybridized carbons (Fsp3) is 0.733. The highest BCUT2D eigenvalue weighted by Crippen LogP contribution is 2.41. The molecule has 2 atom stereocenters. The van der Waals surface area contributed by atoms with E-state index in [0.29, 0.717) is 18.3 Å². The summed E-state index contributed by atoms with van der Waals surface area (Å²) in [5.41, 5.74) is 0.996. The molecule has 1 aliphatic carbocycles. The lowest BCUT2D eigenvalue weighted by Crippen LogP contribution is -2.42. The summed E-state index contributed by atoms with van der Waals surface area (Å²) >= 11 is 1.60. The van der Waals surface area contributed by atoms with Crippen molar-refractivity contribution < 1.29 is 9.90 Å². The van der Waals surface area contributed by atoms with Crippen molar-refractivity contribution in [1.82, 2.24) is 15.6 Å². The lowest BCUT2D eigenvalue weighted by Gasteiger charge is -2.18. The van der Waals surface area contributed by atoms with E-state index < -0.39 is 6.10 Å². The lowest BCUT2D eigenvalue weighted by atomic mass is 10.1. The molecule has 0 spiro atoms. The molecule has 118 valence electrons. The van der Waals surface area contributed by atoms with Gasteiger partial charge in [-0.2, -0.15) is 0 Å². The summed E-state index contributed by atoms with van der Waals surface area (Å²) in [6.45, 7) is 6.36. The Hall–Kier alpha value is -1.14. The van der Waals surface area contributed by atoms with Crippen molar-refractivity contribution in [2.75, 3.05) is 6.54 Å². The van der Waals surface area contributed by atoms with Crippen molar-refractivity contribution >= 4 is 17.4 Å². The number of carbonyl (C=O) groups is 1. The van der Waals surface area contributed by atoms with Crippen LogP contribution >= 0.6 is 11.3 Å².